The molecule has 0 fully saturated rings. The van der Waals surface area contributed by atoms with Crippen molar-refractivity contribution >= 4 is 17.0 Å². The lowest BCUT2D eigenvalue weighted by Crippen LogP contribution is -2.19. The normalized spacial score (nSPS) is 12.0. The van der Waals surface area contributed by atoms with Crippen LogP contribution in [0.15, 0.2) is 18.2 Å². The van der Waals surface area contributed by atoms with Crippen molar-refractivity contribution in [2.75, 3.05) is 0 Å². The molecule has 1 N–H and O–H groups in total. The summed E-state index contributed by atoms with van der Waals surface area (Å²) in [5.74, 6) is -0.847. The maximum Gasteiger partial charge on any atom is 0.406 e. The highest BCUT2D eigenvalue weighted by Gasteiger charge is 2.30. The number of aromatic nitrogens is 2. The van der Waals surface area contributed by atoms with Gasteiger partial charge in [-0.2, -0.15) is 13.2 Å². The molecule has 2 aromatic rings. The van der Waals surface area contributed by atoms with Crippen molar-refractivity contribution in [3.63, 3.8) is 0 Å². The lowest BCUT2D eigenvalue weighted by molar-refractivity contribution is -0.140. The summed E-state index contributed by atoms with van der Waals surface area (Å²) in [4.78, 5) is 14.9. The first-order chi connectivity index (χ1) is 8.81. The summed E-state index contributed by atoms with van der Waals surface area (Å²) in [5.41, 5.74) is 0.562. The third-order valence-corrected chi connectivity index (χ3v) is 2.73. The number of benzene rings is 1. The minimum atomic E-state index is -4.34. The smallest absolute Gasteiger partial charge is 0.406 e. The lowest BCUT2D eigenvalue weighted by atomic mass is 10.2. The second kappa shape index (κ2) is 4.56. The minimum absolute atomic E-state index is 0.00631. The van der Waals surface area contributed by atoms with Crippen molar-refractivity contribution in [1.82, 2.24) is 9.55 Å². The largest absolute Gasteiger partial charge is 0.478 e. The van der Waals surface area contributed by atoms with E-state index in [1.165, 1.54) is 18.2 Å². The van der Waals surface area contributed by atoms with Gasteiger partial charge in [-0.1, -0.05) is 6.92 Å². The number of aryl methyl sites for hydroxylation is 1. The third kappa shape index (κ3) is 2.69. The molecule has 4 nitrogen and oxygen atoms in total. The Morgan fingerprint density at radius 1 is 1.42 bits per heavy atom. The van der Waals surface area contributed by atoms with Crippen molar-refractivity contribution < 1.29 is 23.1 Å². The van der Waals surface area contributed by atoms with E-state index in [1.54, 1.807) is 6.92 Å². The molecule has 0 atom stereocenters. The zero-order valence-corrected chi connectivity index (χ0v) is 10.0. The predicted molar refractivity (Wildman–Crippen MR) is 62.1 cm³/mol. The molecule has 0 spiro atoms. The average molecular weight is 272 g/mol. The van der Waals surface area contributed by atoms with Crippen LogP contribution in [0.1, 0.15) is 23.1 Å². The molecule has 0 aliphatic rings. The number of imidazole rings is 1. The average Bonchev–Trinajstić information content (AvgIpc) is 2.64. The number of fused-ring (bicyclic) bond motifs is 1. The van der Waals surface area contributed by atoms with Crippen molar-refractivity contribution in [1.29, 1.82) is 0 Å². The number of halogens is 3. The summed E-state index contributed by atoms with van der Waals surface area (Å²) in [5, 5.41) is 8.85. The molecule has 1 aromatic heterocycles. The number of hydrogen-bond acceptors (Lipinski definition) is 2. The highest BCUT2D eigenvalue weighted by Crippen LogP contribution is 2.24. The number of rotatable bonds is 3. The summed E-state index contributed by atoms with van der Waals surface area (Å²) in [6, 6.07) is 3.92. The highest BCUT2D eigenvalue weighted by atomic mass is 19.4. The van der Waals surface area contributed by atoms with Gasteiger partial charge >= 0.3 is 12.1 Å². The van der Waals surface area contributed by atoms with Crippen LogP contribution < -0.4 is 0 Å². The number of carbonyl (C=O) groups is 1. The van der Waals surface area contributed by atoms with Crippen LogP contribution in [0.5, 0.6) is 0 Å². The zero-order chi connectivity index (χ0) is 14.2. The Labute approximate surface area is 106 Å². The Bertz CT molecular complexity index is 632. The van der Waals surface area contributed by atoms with E-state index in [1.807, 2.05) is 0 Å². The van der Waals surface area contributed by atoms with Gasteiger partial charge in [-0.3, -0.25) is 0 Å². The van der Waals surface area contributed by atoms with Gasteiger partial charge in [-0.15, -0.1) is 0 Å². The fraction of sp³-hybridized carbons (Fsp3) is 0.333. The summed E-state index contributed by atoms with van der Waals surface area (Å²) in [7, 11) is 0. The topological polar surface area (TPSA) is 55.1 Å². The Balaban J connectivity index is 2.59. The van der Waals surface area contributed by atoms with Crippen LogP contribution >= 0.6 is 0 Å². The molecule has 0 bridgehead atoms. The van der Waals surface area contributed by atoms with E-state index in [4.69, 9.17) is 5.11 Å². The van der Waals surface area contributed by atoms with Crippen LogP contribution in [0.4, 0.5) is 13.2 Å². The van der Waals surface area contributed by atoms with Gasteiger partial charge in [0.05, 0.1) is 16.6 Å². The second-order valence-electron chi connectivity index (χ2n) is 4.09. The fourth-order valence-electron chi connectivity index (χ4n) is 1.94. The first kappa shape index (κ1) is 13.4. The van der Waals surface area contributed by atoms with Crippen LogP contribution in [0, 0.1) is 0 Å². The molecule has 0 aliphatic carbocycles. The van der Waals surface area contributed by atoms with Gasteiger partial charge in [0.15, 0.2) is 0 Å². The predicted octanol–water partition coefficient (Wildman–Crippen LogP) is 2.86. The van der Waals surface area contributed by atoms with Gasteiger partial charge in [-0.05, 0) is 18.2 Å². The van der Waals surface area contributed by atoms with Crippen molar-refractivity contribution in [3.05, 3.63) is 29.6 Å². The first-order valence-electron chi connectivity index (χ1n) is 5.61. The van der Waals surface area contributed by atoms with Crippen LogP contribution in [-0.4, -0.2) is 26.8 Å². The monoisotopic (exact) mass is 272 g/mol. The number of carboxylic acid groups (broad SMARTS) is 1. The van der Waals surface area contributed by atoms with E-state index in [0.29, 0.717) is 11.9 Å². The highest BCUT2D eigenvalue weighted by molar-refractivity contribution is 5.92. The zero-order valence-electron chi connectivity index (χ0n) is 10.0. The maximum atomic E-state index is 12.5. The van der Waals surface area contributed by atoms with Crippen molar-refractivity contribution in [2.45, 2.75) is 26.1 Å². The molecule has 1 heterocycles. The Kier molecular flexibility index (Phi) is 3.21. The Morgan fingerprint density at radius 3 is 2.63 bits per heavy atom. The fourth-order valence-corrected chi connectivity index (χ4v) is 1.94. The van der Waals surface area contributed by atoms with Gasteiger partial charge in [0.1, 0.15) is 12.4 Å². The molecule has 7 heteroatoms. The maximum absolute atomic E-state index is 12.5. The molecule has 0 radical (unpaired) electrons. The van der Waals surface area contributed by atoms with Crippen LogP contribution in [0.3, 0.4) is 0 Å². The second-order valence-corrected chi connectivity index (χ2v) is 4.09. The van der Waals surface area contributed by atoms with Crippen LogP contribution in [0.25, 0.3) is 11.0 Å². The van der Waals surface area contributed by atoms with E-state index in [2.05, 4.69) is 4.98 Å². The third-order valence-electron chi connectivity index (χ3n) is 2.73. The van der Waals surface area contributed by atoms with E-state index in [0.717, 1.165) is 4.57 Å². The molecule has 19 heavy (non-hydrogen) atoms. The van der Waals surface area contributed by atoms with Crippen molar-refractivity contribution in [2.24, 2.45) is 0 Å². The number of aromatic carboxylic acids is 1. The van der Waals surface area contributed by atoms with E-state index < -0.39 is 18.7 Å². The van der Waals surface area contributed by atoms with E-state index >= 15 is 0 Å². The van der Waals surface area contributed by atoms with Gasteiger partial charge in [0.2, 0.25) is 0 Å². The van der Waals surface area contributed by atoms with E-state index in [-0.39, 0.29) is 16.9 Å². The Hall–Kier alpha value is -2.05. The minimum Gasteiger partial charge on any atom is -0.478 e. The van der Waals surface area contributed by atoms with Gasteiger partial charge in [-0.25, -0.2) is 9.78 Å². The molecular formula is C12H11F3N2O2. The number of alkyl halides is 3. The summed E-state index contributed by atoms with van der Waals surface area (Å²) >= 11 is 0. The van der Waals surface area contributed by atoms with E-state index in [9.17, 15) is 18.0 Å². The molecule has 0 unspecified atom stereocenters. The SMILES string of the molecule is CCc1nc2cc(C(=O)O)ccc2n1CC(F)(F)F. The quantitative estimate of drug-likeness (QED) is 0.934. The molecule has 0 saturated carbocycles. The molecule has 0 aliphatic heterocycles. The molecule has 0 amide bonds. The Morgan fingerprint density at radius 2 is 2.11 bits per heavy atom. The number of hydrogen-bond donors (Lipinski definition) is 1. The standard InChI is InChI=1S/C12H11F3N2O2/c1-2-10-16-8-5-7(11(18)19)3-4-9(8)17(10)6-12(13,14)15/h3-5H,2,6H2,1H3,(H,18,19). The number of nitrogens with zero attached hydrogens (tertiary/aromatic N) is 2. The number of carboxylic acids is 1. The molecule has 1 aromatic carbocycles. The first-order valence-corrected chi connectivity index (χ1v) is 5.61. The van der Waals surface area contributed by atoms with Crippen LogP contribution in [0.2, 0.25) is 0 Å². The lowest BCUT2D eigenvalue weighted by Gasteiger charge is -2.11. The molecule has 2 rings (SSSR count). The summed E-state index contributed by atoms with van der Waals surface area (Å²) in [6.07, 6.45) is -4.00. The van der Waals surface area contributed by atoms with Crippen molar-refractivity contribution in [3.8, 4) is 0 Å². The van der Waals surface area contributed by atoms with Gasteiger partial charge < -0.3 is 9.67 Å². The van der Waals surface area contributed by atoms with Gasteiger partial charge in [0, 0.05) is 6.42 Å². The van der Waals surface area contributed by atoms with Crippen LogP contribution in [-0.2, 0) is 13.0 Å². The molecular weight excluding hydrogens is 261 g/mol. The van der Waals surface area contributed by atoms with Gasteiger partial charge in [0.25, 0.3) is 0 Å². The summed E-state index contributed by atoms with van der Waals surface area (Å²) in [6.45, 7) is 0.575. The molecule has 102 valence electrons. The summed E-state index contributed by atoms with van der Waals surface area (Å²) < 4.78 is 38.7. The molecule has 0 saturated heterocycles.